The van der Waals surface area contributed by atoms with Gasteiger partial charge in [-0.05, 0) is 18.6 Å². The Kier molecular flexibility index (Phi) is 6.08. The first-order valence-corrected chi connectivity index (χ1v) is 8.97. The van der Waals surface area contributed by atoms with Gasteiger partial charge in [-0.15, -0.1) is 5.10 Å². The van der Waals surface area contributed by atoms with E-state index in [9.17, 15) is 4.79 Å². The molecule has 0 aliphatic heterocycles. The first kappa shape index (κ1) is 19.9. The number of carbonyl (C=O) groups is 1. The number of aromatic amines is 1. The van der Waals surface area contributed by atoms with Crippen LogP contribution in [0.5, 0.6) is 5.88 Å². The molecule has 9 nitrogen and oxygen atoms in total. The lowest BCUT2D eigenvalue weighted by Gasteiger charge is -2.15. The van der Waals surface area contributed by atoms with E-state index in [0.717, 1.165) is 5.56 Å². The molecule has 0 aliphatic rings. The van der Waals surface area contributed by atoms with Crippen LogP contribution in [-0.2, 0) is 0 Å². The van der Waals surface area contributed by atoms with Gasteiger partial charge < -0.3 is 15.8 Å². The van der Waals surface area contributed by atoms with Gasteiger partial charge in [0.1, 0.15) is 11.5 Å². The number of benzene rings is 1. The second kappa shape index (κ2) is 8.87. The first-order chi connectivity index (χ1) is 14.0. The quantitative estimate of drug-likeness (QED) is 0.478. The van der Waals surface area contributed by atoms with Crippen LogP contribution >= 0.6 is 0 Å². The molecule has 2 aromatic heterocycles. The summed E-state index contributed by atoms with van der Waals surface area (Å²) in [5.41, 5.74) is 8.59. The van der Waals surface area contributed by atoms with E-state index >= 15 is 0 Å². The Balaban J connectivity index is 1.88. The molecule has 3 rings (SSSR count). The summed E-state index contributed by atoms with van der Waals surface area (Å²) in [5.74, 6) is 0.683. The molecule has 29 heavy (non-hydrogen) atoms. The number of pyridine rings is 1. The highest BCUT2D eigenvalue weighted by Crippen LogP contribution is 2.30. The van der Waals surface area contributed by atoms with Crippen molar-refractivity contribution in [1.29, 1.82) is 0 Å². The number of rotatable bonds is 6. The molecule has 2 heterocycles. The number of carbonyl (C=O) groups excluding carboxylic acids is 1. The van der Waals surface area contributed by atoms with E-state index in [-0.39, 0.29) is 12.1 Å². The molecular formula is C20H23N7O2. The van der Waals surface area contributed by atoms with Crippen molar-refractivity contribution in [3.05, 3.63) is 53.7 Å². The van der Waals surface area contributed by atoms with Crippen molar-refractivity contribution in [2.75, 3.05) is 19.5 Å². The molecule has 0 radical (unpaired) electrons. The Morgan fingerprint density at radius 3 is 2.79 bits per heavy atom. The Labute approximate surface area is 168 Å². The van der Waals surface area contributed by atoms with E-state index < -0.39 is 0 Å². The molecule has 1 aromatic carbocycles. The third-order valence-corrected chi connectivity index (χ3v) is 4.27. The Bertz CT molecular complexity index is 1060. The number of nitrogens with zero attached hydrogens (tertiary/aromatic N) is 3. The summed E-state index contributed by atoms with van der Waals surface area (Å²) in [6.07, 6.45) is 3.18. The summed E-state index contributed by atoms with van der Waals surface area (Å²) in [6, 6.07) is 10.8. The van der Waals surface area contributed by atoms with Crippen molar-refractivity contribution in [2.24, 2.45) is 10.7 Å². The molecule has 0 unspecified atom stereocenters. The zero-order chi connectivity index (χ0) is 20.8. The lowest BCUT2D eigenvalue weighted by Crippen LogP contribution is -2.31. The fourth-order valence-electron chi connectivity index (χ4n) is 2.85. The predicted molar refractivity (Wildman–Crippen MR) is 114 cm³/mol. The van der Waals surface area contributed by atoms with Crippen LogP contribution in [0, 0.1) is 0 Å². The molecule has 0 aliphatic carbocycles. The zero-order valence-corrected chi connectivity index (χ0v) is 16.4. The number of methoxy groups -OCH3 is 1. The van der Waals surface area contributed by atoms with Crippen LogP contribution in [0.3, 0.4) is 0 Å². The summed E-state index contributed by atoms with van der Waals surface area (Å²) >= 11 is 0. The summed E-state index contributed by atoms with van der Waals surface area (Å²) in [7, 11) is 3.15. The Morgan fingerprint density at radius 1 is 1.34 bits per heavy atom. The summed E-state index contributed by atoms with van der Waals surface area (Å²) in [6.45, 7) is 1.90. The number of urea groups is 1. The highest BCUT2D eigenvalue weighted by Gasteiger charge is 2.17. The smallest absolute Gasteiger partial charge is 0.320 e. The van der Waals surface area contributed by atoms with E-state index in [4.69, 9.17) is 10.5 Å². The SMILES string of the molecule is CN=CC=C(N)c1nc(NC(=O)N[C@H](C)c2ccccc2)cc2[nH]nc(OC)c12. The number of H-pyrrole nitrogens is 1. The molecule has 0 fully saturated rings. The van der Waals surface area contributed by atoms with Crippen molar-refractivity contribution >= 4 is 34.7 Å². The minimum atomic E-state index is -0.386. The number of amides is 2. The largest absolute Gasteiger partial charge is 0.479 e. The van der Waals surface area contributed by atoms with Gasteiger partial charge in [0, 0.05) is 19.3 Å². The maximum absolute atomic E-state index is 12.5. The molecule has 5 N–H and O–H groups in total. The van der Waals surface area contributed by atoms with Gasteiger partial charge in [-0.3, -0.25) is 15.4 Å². The number of ether oxygens (including phenoxy) is 1. The average molecular weight is 393 g/mol. The fourth-order valence-corrected chi connectivity index (χ4v) is 2.85. The molecule has 150 valence electrons. The number of hydrogen-bond acceptors (Lipinski definition) is 6. The topological polar surface area (TPSA) is 130 Å². The normalized spacial score (nSPS) is 12.9. The van der Waals surface area contributed by atoms with Gasteiger partial charge in [-0.1, -0.05) is 30.3 Å². The maximum Gasteiger partial charge on any atom is 0.320 e. The number of nitrogens with one attached hydrogen (secondary N) is 3. The van der Waals surface area contributed by atoms with Crippen molar-refractivity contribution in [3.63, 3.8) is 0 Å². The van der Waals surface area contributed by atoms with Gasteiger partial charge in [-0.2, -0.15) is 0 Å². The van der Waals surface area contributed by atoms with Crippen LogP contribution in [0.1, 0.15) is 24.2 Å². The number of allylic oxidation sites excluding steroid dienone is 1. The zero-order valence-electron chi connectivity index (χ0n) is 16.4. The standard InChI is InChI=1S/C20H23N7O2/c1-12(13-7-5-4-6-8-13)23-20(28)25-16-11-15-17(19(29-3)27-26-15)18(24-16)14(21)9-10-22-2/h4-12H,21H2,1-3H3,(H,26,27)(H2,23,24,25,28)/t12-/m1/s1. The lowest BCUT2D eigenvalue weighted by atomic mass is 10.1. The third kappa shape index (κ3) is 4.52. The van der Waals surface area contributed by atoms with E-state index in [1.807, 2.05) is 37.3 Å². The van der Waals surface area contributed by atoms with Gasteiger partial charge in [0.05, 0.1) is 29.8 Å². The minimum absolute atomic E-state index is 0.169. The van der Waals surface area contributed by atoms with E-state index in [1.54, 1.807) is 25.4 Å². The summed E-state index contributed by atoms with van der Waals surface area (Å²) in [5, 5.41) is 13.2. The number of aromatic nitrogens is 3. The van der Waals surface area contributed by atoms with Gasteiger partial charge >= 0.3 is 6.03 Å². The average Bonchev–Trinajstić information content (AvgIpc) is 3.14. The fraction of sp³-hybridized carbons (Fsp3) is 0.200. The Hall–Kier alpha value is -3.88. The van der Waals surface area contributed by atoms with Gasteiger partial charge in [0.25, 0.3) is 0 Å². The molecule has 0 saturated heterocycles. The molecule has 0 bridgehead atoms. The monoisotopic (exact) mass is 393 g/mol. The minimum Gasteiger partial charge on any atom is -0.479 e. The Morgan fingerprint density at radius 2 is 2.10 bits per heavy atom. The number of aliphatic imine (C=N–C) groups is 1. The highest BCUT2D eigenvalue weighted by molar-refractivity contribution is 5.99. The molecule has 0 saturated carbocycles. The van der Waals surface area contributed by atoms with E-state index in [1.165, 1.54) is 7.11 Å². The number of hydrogen-bond donors (Lipinski definition) is 4. The molecule has 9 heteroatoms. The van der Waals surface area contributed by atoms with Gasteiger partial charge in [0.2, 0.25) is 5.88 Å². The number of anilines is 1. The second-order valence-corrected chi connectivity index (χ2v) is 6.27. The van der Waals surface area contributed by atoms with Crippen LogP contribution < -0.4 is 21.1 Å². The van der Waals surface area contributed by atoms with Crippen LogP contribution in [0.4, 0.5) is 10.6 Å². The van der Waals surface area contributed by atoms with Crippen molar-refractivity contribution in [2.45, 2.75) is 13.0 Å². The highest BCUT2D eigenvalue weighted by atomic mass is 16.5. The van der Waals surface area contributed by atoms with Crippen LogP contribution in [0.15, 0.2) is 47.5 Å². The molecule has 3 aromatic rings. The molecular weight excluding hydrogens is 370 g/mol. The van der Waals surface area contributed by atoms with Crippen LogP contribution in [-0.4, -0.2) is 41.6 Å². The number of fused-ring (bicyclic) bond motifs is 1. The predicted octanol–water partition coefficient (Wildman–Crippen LogP) is 2.85. The molecule has 1 atom stereocenters. The van der Waals surface area contributed by atoms with E-state index in [2.05, 4.69) is 30.8 Å². The second-order valence-electron chi connectivity index (χ2n) is 6.27. The van der Waals surface area contributed by atoms with E-state index in [0.29, 0.717) is 34.0 Å². The first-order valence-electron chi connectivity index (χ1n) is 8.97. The van der Waals surface area contributed by atoms with Crippen molar-refractivity contribution in [1.82, 2.24) is 20.5 Å². The molecule has 0 spiro atoms. The van der Waals surface area contributed by atoms with Crippen molar-refractivity contribution in [3.8, 4) is 5.88 Å². The van der Waals surface area contributed by atoms with Gasteiger partial charge in [-0.25, -0.2) is 9.78 Å². The molecule has 2 amide bonds. The lowest BCUT2D eigenvalue weighted by molar-refractivity contribution is 0.249. The van der Waals surface area contributed by atoms with Crippen molar-refractivity contribution < 1.29 is 9.53 Å². The van der Waals surface area contributed by atoms with Crippen LogP contribution in [0.25, 0.3) is 16.6 Å². The van der Waals surface area contributed by atoms with Gasteiger partial charge in [0.15, 0.2) is 0 Å². The summed E-state index contributed by atoms with van der Waals surface area (Å²) in [4.78, 5) is 20.9. The summed E-state index contributed by atoms with van der Waals surface area (Å²) < 4.78 is 5.29. The third-order valence-electron chi connectivity index (χ3n) is 4.27. The maximum atomic E-state index is 12.5. The van der Waals surface area contributed by atoms with Crippen LogP contribution in [0.2, 0.25) is 0 Å². The number of nitrogens with two attached hydrogens (primary N) is 1.